The predicted octanol–water partition coefficient (Wildman–Crippen LogP) is 5.86. The van der Waals surface area contributed by atoms with Crippen LogP contribution in [0.1, 0.15) is 70.4 Å². The van der Waals surface area contributed by atoms with Crippen LogP contribution in [0.15, 0.2) is 24.4 Å². The first kappa shape index (κ1) is 34.7. The minimum Gasteiger partial charge on any atom is -0.369 e. The zero-order valence-electron chi connectivity index (χ0n) is 27.4. The molecule has 0 aliphatic carbocycles. The number of aromatic nitrogens is 2. The number of piperazine rings is 1. The highest BCUT2D eigenvalue weighted by Gasteiger charge is 2.35. The van der Waals surface area contributed by atoms with Crippen molar-refractivity contribution in [2.75, 3.05) is 81.5 Å². The molecule has 0 atom stereocenters. The maximum atomic E-state index is 13.8. The number of anilines is 4. The number of benzene rings is 1. The summed E-state index contributed by atoms with van der Waals surface area (Å²) in [6.07, 6.45) is 2.03. The second-order valence-corrected chi connectivity index (χ2v) is 12.2. The van der Waals surface area contributed by atoms with Gasteiger partial charge in [-0.15, -0.1) is 0 Å². The van der Waals surface area contributed by atoms with Gasteiger partial charge in [0.1, 0.15) is 11.4 Å². The average Bonchev–Trinajstić information content (AvgIpc) is 3.03. The quantitative estimate of drug-likeness (QED) is 0.251. The summed E-state index contributed by atoms with van der Waals surface area (Å²) >= 11 is 0. The van der Waals surface area contributed by atoms with E-state index in [-0.39, 0.29) is 24.2 Å². The number of nitrogens with zero attached hydrogens (tertiary/aromatic N) is 6. The Balaban J connectivity index is 1.39. The standard InChI is InChI=1S/C33H51F3N8O/c1-5-9-30(45)44(15-6-2)16-8-14-37-31-28(33(34,35)36)24-38-32(40-31)39-29-11-10-27(23-25(29)7-3)43-21-19-42(20-22-43)26-12-17-41(4)18-13-26/h10-11,23-24,26H,5-9,12-22H2,1-4H3,(H2,37,38,39,40). The van der Waals surface area contributed by atoms with Crippen LogP contribution in [0, 0.1) is 0 Å². The average molecular weight is 633 g/mol. The summed E-state index contributed by atoms with van der Waals surface area (Å²) in [6.45, 7) is 13.8. The van der Waals surface area contributed by atoms with Crippen molar-refractivity contribution in [1.82, 2.24) is 24.7 Å². The summed E-state index contributed by atoms with van der Waals surface area (Å²) in [5, 5.41) is 6.03. The Kier molecular flexibility index (Phi) is 12.7. The van der Waals surface area contributed by atoms with Crippen LogP contribution in [0.25, 0.3) is 0 Å². The molecule has 0 saturated carbocycles. The molecule has 250 valence electrons. The van der Waals surface area contributed by atoms with Crippen LogP contribution >= 0.6 is 0 Å². The Morgan fingerprint density at radius 2 is 1.76 bits per heavy atom. The highest BCUT2D eigenvalue weighted by Crippen LogP contribution is 2.35. The van der Waals surface area contributed by atoms with Gasteiger partial charge >= 0.3 is 6.18 Å². The lowest BCUT2D eigenvalue weighted by atomic mass is 10.0. The van der Waals surface area contributed by atoms with E-state index in [1.807, 2.05) is 19.9 Å². The van der Waals surface area contributed by atoms with Crippen molar-refractivity contribution in [3.63, 3.8) is 0 Å². The molecular weight excluding hydrogens is 581 g/mol. The molecule has 1 aromatic heterocycles. The van der Waals surface area contributed by atoms with Crippen molar-refractivity contribution in [1.29, 1.82) is 0 Å². The summed E-state index contributed by atoms with van der Waals surface area (Å²) in [5.74, 6) is -0.0824. The van der Waals surface area contributed by atoms with Gasteiger partial charge in [-0.3, -0.25) is 9.69 Å². The third-order valence-corrected chi connectivity index (χ3v) is 8.90. The van der Waals surface area contributed by atoms with E-state index in [0.29, 0.717) is 32.0 Å². The molecule has 2 fully saturated rings. The monoisotopic (exact) mass is 632 g/mol. The molecule has 3 heterocycles. The van der Waals surface area contributed by atoms with Crippen molar-refractivity contribution in [2.24, 2.45) is 0 Å². The van der Waals surface area contributed by atoms with Gasteiger partial charge in [-0.1, -0.05) is 20.8 Å². The Hall–Kier alpha value is -3.12. The minimum atomic E-state index is -4.60. The van der Waals surface area contributed by atoms with Crippen LogP contribution in [-0.2, 0) is 17.4 Å². The van der Waals surface area contributed by atoms with Gasteiger partial charge in [-0.05, 0) is 82.4 Å². The molecule has 9 nitrogen and oxygen atoms in total. The molecule has 1 aromatic carbocycles. The van der Waals surface area contributed by atoms with Crippen molar-refractivity contribution in [3.05, 3.63) is 35.5 Å². The second kappa shape index (κ2) is 16.4. The van der Waals surface area contributed by atoms with E-state index in [9.17, 15) is 18.0 Å². The number of hydrogen-bond acceptors (Lipinski definition) is 8. The molecule has 2 aromatic rings. The van der Waals surface area contributed by atoms with Crippen LogP contribution in [0.2, 0.25) is 0 Å². The summed E-state index contributed by atoms with van der Waals surface area (Å²) in [5.41, 5.74) is 2.08. The molecule has 0 bridgehead atoms. The van der Waals surface area contributed by atoms with E-state index >= 15 is 0 Å². The van der Waals surface area contributed by atoms with Gasteiger partial charge in [-0.25, -0.2) is 4.98 Å². The number of hydrogen-bond donors (Lipinski definition) is 2. The fourth-order valence-corrected chi connectivity index (χ4v) is 6.28. The molecule has 0 radical (unpaired) electrons. The van der Waals surface area contributed by atoms with Gasteiger partial charge in [-0.2, -0.15) is 18.2 Å². The Morgan fingerprint density at radius 3 is 2.40 bits per heavy atom. The lowest BCUT2D eigenvalue weighted by molar-refractivity contribution is -0.137. The molecule has 2 saturated heterocycles. The van der Waals surface area contributed by atoms with Gasteiger partial charge in [0.05, 0.1) is 0 Å². The number of carbonyl (C=O) groups excluding carboxylic acids is 1. The highest BCUT2D eigenvalue weighted by molar-refractivity contribution is 5.76. The van der Waals surface area contributed by atoms with Crippen LogP contribution in [0.5, 0.6) is 0 Å². The van der Waals surface area contributed by atoms with Crippen molar-refractivity contribution < 1.29 is 18.0 Å². The molecule has 12 heteroatoms. The molecule has 2 aliphatic rings. The fourth-order valence-electron chi connectivity index (χ4n) is 6.28. The van der Waals surface area contributed by atoms with Crippen molar-refractivity contribution >= 4 is 29.0 Å². The van der Waals surface area contributed by atoms with Crippen LogP contribution in [-0.4, -0.2) is 103 Å². The molecule has 0 spiro atoms. The number of alkyl halides is 3. The summed E-state index contributed by atoms with van der Waals surface area (Å²) in [7, 11) is 2.19. The smallest absolute Gasteiger partial charge is 0.369 e. The van der Waals surface area contributed by atoms with Gasteiger partial charge in [0, 0.05) is 75.8 Å². The first-order valence-corrected chi connectivity index (χ1v) is 16.7. The van der Waals surface area contributed by atoms with Gasteiger partial charge in [0.25, 0.3) is 0 Å². The molecule has 45 heavy (non-hydrogen) atoms. The van der Waals surface area contributed by atoms with Crippen LogP contribution < -0.4 is 15.5 Å². The van der Waals surface area contributed by atoms with E-state index in [0.717, 1.165) is 68.6 Å². The van der Waals surface area contributed by atoms with Gasteiger partial charge in [0.2, 0.25) is 11.9 Å². The highest BCUT2D eigenvalue weighted by atomic mass is 19.4. The fraction of sp³-hybridized carbons (Fsp3) is 0.667. The number of amides is 1. The largest absolute Gasteiger partial charge is 0.421 e. The molecule has 2 aliphatic heterocycles. The number of piperidine rings is 1. The molecule has 2 N–H and O–H groups in total. The van der Waals surface area contributed by atoms with Crippen LogP contribution in [0.4, 0.5) is 36.3 Å². The van der Waals surface area contributed by atoms with Gasteiger partial charge in [0.15, 0.2) is 0 Å². The van der Waals surface area contributed by atoms with E-state index in [1.54, 1.807) is 4.90 Å². The Labute approximate surface area is 266 Å². The maximum Gasteiger partial charge on any atom is 0.421 e. The molecule has 0 unspecified atom stereocenters. The van der Waals surface area contributed by atoms with E-state index in [2.05, 4.69) is 61.4 Å². The zero-order chi connectivity index (χ0) is 32.4. The third-order valence-electron chi connectivity index (χ3n) is 8.90. The molecular formula is C33H51F3N8O. The predicted molar refractivity (Wildman–Crippen MR) is 175 cm³/mol. The Bertz CT molecular complexity index is 1230. The number of nitrogens with one attached hydrogen (secondary N) is 2. The van der Waals surface area contributed by atoms with E-state index < -0.39 is 11.7 Å². The van der Waals surface area contributed by atoms with E-state index in [1.165, 1.54) is 25.9 Å². The van der Waals surface area contributed by atoms with Crippen LogP contribution in [0.3, 0.4) is 0 Å². The summed E-state index contributed by atoms with van der Waals surface area (Å²) in [4.78, 5) is 29.9. The van der Waals surface area contributed by atoms with Gasteiger partial charge < -0.3 is 25.3 Å². The second-order valence-electron chi connectivity index (χ2n) is 12.2. The Morgan fingerprint density at radius 1 is 1.02 bits per heavy atom. The summed E-state index contributed by atoms with van der Waals surface area (Å²) < 4.78 is 41.5. The first-order chi connectivity index (χ1) is 21.6. The normalized spacial score (nSPS) is 17.0. The lowest BCUT2D eigenvalue weighted by Crippen LogP contribution is -2.53. The lowest BCUT2D eigenvalue weighted by Gasteiger charge is -2.43. The minimum absolute atomic E-state index is 0.0801. The summed E-state index contributed by atoms with van der Waals surface area (Å²) in [6, 6.07) is 6.88. The topological polar surface area (TPSA) is 79.9 Å². The molecule has 4 rings (SSSR count). The number of likely N-dealkylation sites (tertiary alicyclic amines) is 1. The van der Waals surface area contributed by atoms with Crippen molar-refractivity contribution in [2.45, 2.75) is 77.9 Å². The first-order valence-electron chi connectivity index (χ1n) is 16.7. The number of aryl methyl sites for hydroxylation is 1. The zero-order valence-corrected chi connectivity index (χ0v) is 27.4. The molecule has 1 amide bonds. The number of halogens is 3. The maximum absolute atomic E-state index is 13.8. The SMILES string of the molecule is CCCC(=O)N(CCC)CCCNc1nc(Nc2ccc(N3CCN(C4CCN(C)CC4)CC3)cc2CC)ncc1C(F)(F)F. The number of carbonyl (C=O) groups is 1. The number of rotatable bonds is 14. The van der Waals surface area contributed by atoms with E-state index in [4.69, 9.17) is 0 Å². The third kappa shape index (κ3) is 9.68. The van der Waals surface area contributed by atoms with Crippen molar-refractivity contribution in [3.8, 4) is 0 Å².